The number of carbonyl (C=O) groups excluding carboxylic acids is 1. The predicted molar refractivity (Wildman–Crippen MR) is 43.2 cm³/mol. The van der Waals surface area contributed by atoms with Crippen LogP contribution in [0.25, 0.3) is 0 Å². The lowest BCUT2D eigenvalue weighted by atomic mass is 9.66. The molecule has 2 atom stereocenters. The molecule has 2 saturated carbocycles. The predicted octanol–water partition coefficient (Wildman–Crippen LogP) is 2.28. The van der Waals surface area contributed by atoms with Gasteiger partial charge in [0.2, 0.25) is 0 Å². The molecule has 0 heterocycles. The van der Waals surface area contributed by atoms with Gasteiger partial charge >= 0.3 is 0 Å². The second-order valence-corrected chi connectivity index (χ2v) is 4.54. The van der Waals surface area contributed by atoms with Gasteiger partial charge in [0.1, 0.15) is 5.78 Å². The van der Waals surface area contributed by atoms with Crippen molar-refractivity contribution in [3.05, 3.63) is 0 Å². The standard InChI is InChI=1S/C8H11BrO/c9-6-2-1-4-8(6)5-3-7(8)10/h6H,1-5H2. The van der Waals surface area contributed by atoms with Gasteiger partial charge in [0.25, 0.3) is 0 Å². The van der Waals surface area contributed by atoms with E-state index < -0.39 is 0 Å². The highest BCUT2D eigenvalue weighted by molar-refractivity contribution is 9.09. The van der Waals surface area contributed by atoms with Crippen LogP contribution in [0.2, 0.25) is 0 Å². The van der Waals surface area contributed by atoms with Crippen molar-refractivity contribution in [1.82, 2.24) is 0 Å². The first-order valence-electron chi connectivity index (χ1n) is 3.93. The molecule has 1 spiro atoms. The molecule has 1 nitrogen and oxygen atoms in total. The molecule has 56 valence electrons. The van der Waals surface area contributed by atoms with Crippen LogP contribution in [0.5, 0.6) is 0 Å². The number of Topliss-reactive ketones (excluding diaryl/α,β-unsaturated/α-hetero) is 1. The van der Waals surface area contributed by atoms with Gasteiger partial charge in [-0.2, -0.15) is 0 Å². The molecule has 0 aromatic carbocycles. The maximum Gasteiger partial charge on any atom is 0.140 e. The third-order valence-corrected chi connectivity index (χ3v) is 4.37. The largest absolute Gasteiger partial charge is 0.299 e. The van der Waals surface area contributed by atoms with Gasteiger partial charge < -0.3 is 0 Å². The Morgan fingerprint density at radius 3 is 2.50 bits per heavy atom. The molecular weight excluding hydrogens is 192 g/mol. The van der Waals surface area contributed by atoms with E-state index in [1.165, 1.54) is 12.8 Å². The van der Waals surface area contributed by atoms with Crippen molar-refractivity contribution in [3.63, 3.8) is 0 Å². The smallest absolute Gasteiger partial charge is 0.140 e. The molecule has 2 unspecified atom stereocenters. The van der Waals surface area contributed by atoms with E-state index in [2.05, 4.69) is 15.9 Å². The summed E-state index contributed by atoms with van der Waals surface area (Å²) in [5, 5.41) is 0. The highest BCUT2D eigenvalue weighted by atomic mass is 79.9. The fourth-order valence-corrected chi connectivity index (χ4v) is 3.21. The van der Waals surface area contributed by atoms with E-state index in [4.69, 9.17) is 0 Å². The number of carbonyl (C=O) groups is 1. The second kappa shape index (κ2) is 2.07. The van der Waals surface area contributed by atoms with Crippen molar-refractivity contribution in [1.29, 1.82) is 0 Å². The fraction of sp³-hybridized carbons (Fsp3) is 0.875. The monoisotopic (exact) mass is 202 g/mol. The molecule has 2 heteroatoms. The van der Waals surface area contributed by atoms with Gasteiger partial charge in [-0.3, -0.25) is 4.79 Å². The molecule has 10 heavy (non-hydrogen) atoms. The van der Waals surface area contributed by atoms with Gasteiger partial charge in [0.05, 0.1) is 0 Å². The van der Waals surface area contributed by atoms with Crippen molar-refractivity contribution >= 4 is 21.7 Å². The van der Waals surface area contributed by atoms with Gasteiger partial charge in [-0.15, -0.1) is 0 Å². The third kappa shape index (κ3) is 0.659. The van der Waals surface area contributed by atoms with E-state index in [-0.39, 0.29) is 5.41 Å². The molecule has 0 bridgehead atoms. The first-order valence-corrected chi connectivity index (χ1v) is 4.85. The number of hydrogen-bond acceptors (Lipinski definition) is 1. The van der Waals surface area contributed by atoms with Crippen LogP contribution in [-0.4, -0.2) is 10.6 Å². The Balaban J connectivity index is 2.21. The Bertz CT molecular complexity index is 178. The minimum Gasteiger partial charge on any atom is -0.299 e. The summed E-state index contributed by atoms with van der Waals surface area (Å²) in [7, 11) is 0. The SMILES string of the molecule is O=C1CCC12CCCC2Br. The van der Waals surface area contributed by atoms with E-state index in [0.717, 1.165) is 19.3 Å². The molecule has 2 fully saturated rings. The zero-order chi connectivity index (χ0) is 7.19. The fourth-order valence-electron chi connectivity index (χ4n) is 2.17. The Labute approximate surface area is 69.3 Å². The third-order valence-electron chi connectivity index (χ3n) is 3.03. The summed E-state index contributed by atoms with van der Waals surface area (Å²) < 4.78 is 0. The van der Waals surface area contributed by atoms with E-state index in [0.29, 0.717) is 10.6 Å². The van der Waals surface area contributed by atoms with Crippen LogP contribution in [0, 0.1) is 5.41 Å². The molecule has 0 amide bonds. The van der Waals surface area contributed by atoms with E-state index >= 15 is 0 Å². The summed E-state index contributed by atoms with van der Waals surface area (Å²) >= 11 is 3.59. The van der Waals surface area contributed by atoms with Crippen molar-refractivity contribution < 1.29 is 4.79 Å². The maximum absolute atomic E-state index is 11.2. The highest BCUT2D eigenvalue weighted by Crippen LogP contribution is 2.53. The van der Waals surface area contributed by atoms with Crippen LogP contribution < -0.4 is 0 Å². The number of halogens is 1. The van der Waals surface area contributed by atoms with Crippen LogP contribution >= 0.6 is 15.9 Å². The molecule has 0 aliphatic heterocycles. The van der Waals surface area contributed by atoms with E-state index in [1.54, 1.807) is 0 Å². The number of ketones is 1. The first kappa shape index (κ1) is 6.84. The zero-order valence-electron chi connectivity index (χ0n) is 5.90. The molecular formula is C8H11BrO. The Morgan fingerprint density at radius 2 is 2.30 bits per heavy atom. The van der Waals surface area contributed by atoms with Crippen LogP contribution in [-0.2, 0) is 4.79 Å². The highest BCUT2D eigenvalue weighted by Gasteiger charge is 2.52. The number of hydrogen-bond donors (Lipinski definition) is 0. The molecule has 0 saturated heterocycles. The van der Waals surface area contributed by atoms with E-state index in [1.807, 2.05) is 0 Å². The first-order chi connectivity index (χ1) is 4.76. The molecule has 0 radical (unpaired) electrons. The minimum atomic E-state index is 0.111. The number of rotatable bonds is 0. The Morgan fingerprint density at radius 1 is 1.50 bits per heavy atom. The van der Waals surface area contributed by atoms with Crippen molar-refractivity contribution in [3.8, 4) is 0 Å². The summed E-state index contributed by atoms with van der Waals surface area (Å²) in [6, 6.07) is 0. The van der Waals surface area contributed by atoms with Gasteiger partial charge in [-0.1, -0.05) is 22.4 Å². The molecule has 0 aromatic rings. The van der Waals surface area contributed by atoms with Crippen LogP contribution in [0.4, 0.5) is 0 Å². The van der Waals surface area contributed by atoms with Crippen molar-refractivity contribution in [2.75, 3.05) is 0 Å². The second-order valence-electron chi connectivity index (χ2n) is 3.44. The molecule has 2 aliphatic rings. The van der Waals surface area contributed by atoms with Gasteiger partial charge in [0.15, 0.2) is 0 Å². The average Bonchev–Trinajstić information content (AvgIpc) is 2.30. The molecule has 0 N–H and O–H groups in total. The molecule has 0 aromatic heterocycles. The van der Waals surface area contributed by atoms with Gasteiger partial charge in [-0.05, 0) is 19.3 Å². The summed E-state index contributed by atoms with van der Waals surface area (Å²) in [6.45, 7) is 0. The van der Waals surface area contributed by atoms with Gasteiger partial charge in [0, 0.05) is 16.7 Å². The quantitative estimate of drug-likeness (QED) is 0.552. The van der Waals surface area contributed by atoms with Crippen LogP contribution in [0.15, 0.2) is 0 Å². The average molecular weight is 203 g/mol. The molecule has 2 aliphatic carbocycles. The lowest BCUT2D eigenvalue weighted by Gasteiger charge is -2.39. The van der Waals surface area contributed by atoms with Crippen LogP contribution in [0.3, 0.4) is 0 Å². The summed E-state index contributed by atoms with van der Waals surface area (Å²) in [4.78, 5) is 11.7. The van der Waals surface area contributed by atoms with Crippen LogP contribution in [0.1, 0.15) is 32.1 Å². The summed E-state index contributed by atoms with van der Waals surface area (Å²) in [6.07, 6.45) is 5.55. The number of alkyl halides is 1. The summed E-state index contributed by atoms with van der Waals surface area (Å²) in [5.74, 6) is 0.506. The topological polar surface area (TPSA) is 17.1 Å². The summed E-state index contributed by atoms with van der Waals surface area (Å²) in [5.41, 5.74) is 0.111. The zero-order valence-corrected chi connectivity index (χ0v) is 7.49. The molecule has 2 rings (SSSR count). The normalized spacial score (nSPS) is 46.1. The van der Waals surface area contributed by atoms with Crippen molar-refractivity contribution in [2.24, 2.45) is 5.41 Å². The Kier molecular flexibility index (Phi) is 1.41. The van der Waals surface area contributed by atoms with Crippen molar-refractivity contribution in [2.45, 2.75) is 36.9 Å². The van der Waals surface area contributed by atoms with E-state index in [9.17, 15) is 4.79 Å². The van der Waals surface area contributed by atoms with Gasteiger partial charge in [-0.25, -0.2) is 0 Å². The minimum absolute atomic E-state index is 0.111. The maximum atomic E-state index is 11.2. The Hall–Kier alpha value is 0.150. The lowest BCUT2D eigenvalue weighted by molar-refractivity contribution is -0.137. The lowest BCUT2D eigenvalue weighted by Crippen LogP contribution is -2.44.